The lowest BCUT2D eigenvalue weighted by atomic mass is 10.1. The monoisotopic (exact) mass is 407 g/mol. The Morgan fingerprint density at radius 1 is 1.44 bits per heavy atom. The number of aromatic nitrogens is 2. The van der Waals surface area contributed by atoms with Crippen LogP contribution in [0, 0.1) is 0 Å². The second-order valence-corrected chi connectivity index (χ2v) is 7.30. The van der Waals surface area contributed by atoms with E-state index >= 15 is 0 Å². The van der Waals surface area contributed by atoms with Crippen LogP contribution in [0.3, 0.4) is 0 Å². The van der Waals surface area contributed by atoms with Gasteiger partial charge in [0.2, 0.25) is 5.91 Å². The number of aliphatic hydroxyl groups excluding tert-OH is 2. The Morgan fingerprint density at radius 2 is 2.07 bits per heavy atom. The van der Waals surface area contributed by atoms with Crippen LogP contribution in [0.5, 0.6) is 0 Å². The average Bonchev–Trinajstić information content (AvgIpc) is 2.81. The molecule has 5 N–H and O–H groups in total. The van der Waals surface area contributed by atoms with Crippen molar-refractivity contribution in [3.8, 4) is 0 Å². The summed E-state index contributed by atoms with van der Waals surface area (Å²) in [6, 6.07) is 0. The van der Waals surface area contributed by atoms with E-state index in [1.54, 1.807) is 6.92 Å². The molecule has 152 valence electrons. The van der Waals surface area contributed by atoms with E-state index in [0.29, 0.717) is 12.0 Å². The predicted octanol–water partition coefficient (Wildman–Crippen LogP) is -1.12. The summed E-state index contributed by atoms with van der Waals surface area (Å²) >= 11 is 0. The second-order valence-electron chi connectivity index (χ2n) is 6.11. The molecule has 0 spiro atoms. The van der Waals surface area contributed by atoms with Crippen LogP contribution in [0.4, 0.5) is 5.82 Å². The van der Waals surface area contributed by atoms with E-state index in [1.165, 1.54) is 20.0 Å². The number of aliphatic hydroxyl groups is 2. The third-order valence-corrected chi connectivity index (χ3v) is 4.63. The number of phosphoric acid groups is 1. The van der Waals surface area contributed by atoms with E-state index < -0.39 is 50.1 Å². The smallest absolute Gasteiger partial charge is 0.387 e. The van der Waals surface area contributed by atoms with E-state index in [-0.39, 0.29) is 5.82 Å². The van der Waals surface area contributed by atoms with Crippen LogP contribution in [0.2, 0.25) is 0 Å². The molecule has 0 radical (unpaired) electrons. The molecule has 13 heteroatoms. The van der Waals surface area contributed by atoms with Crippen molar-refractivity contribution in [3.05, 3.63) is 22.2 Å². The van der Waals surface area contributed by atoms with Crippen LogP contribution in [0.15, 0.2) is 11.0 Å². The molecule has 2 heterocycles. The number of nitrogens with zero attached hydrogens (tertiary/aromatic N) is 2. The number of amides is 1. The maximum atomic E-state index is 12.3. The Morgan fingerprint density at radius 3 is 2.59 bits per heavy atom. The number of aryl methyl sites for hydroxylation is 1. The molecule has 1 saturated heterocycles. The maximum Gasteiger partial charge on any atom is 0.469 e. The summed E-state index contributed by atoms with van der Waals surface area (Å²) in [5, 5.41) is 22.8. The van der Waals surface area contributed by atoms with E-state index in [9.17, 15) is 24.4 Å². The van der Waals surface area contributed by atoms with Crippen molar-refractivity contribution in [2.45, 2.75) is 57.8 Å². The van der Waals surface area contributed by atoms with Crippen LogP contribution in [0.25, 0.3) is 0 Å². The molecule has 1 aliphatic heterocycles. The van der Waals surface area contributed by atoms with Crippen molar-refractivity contribution in [2.75, 3.05) is 5.32 Å². The normalized spacial score (nSPS) is 26.8. The van der Waals surface area contributed by atoms with Gasteiger partial charge in [0.1, 0.15) is 24.1 Å². The highest BCUT2D eigenvalue weighted by Gasteiger charge is 2.48. The number of hydrogen-bond donors (Lipinski definition) is 5. The van der Waals surface area contributed by atoms with Crippen molar-refractivity contribution >= 4 is 19.5 Å². The Kier molecular flexibility index (Phi) is 6.53. The fourth-order valence-electron chi connectivity index (χ4n) is 2.81. The standard InChI is InChI=1S/C14H22N3O9P/c1-4-8-5-17(14(21)16-12(8)15-7(3)18)13-10(20)9(19)11(25-13)6(2)26-27(22,23)24/h5-6,9-11,13,19-20H,4H2,1-3H3,(H2,22,23,24)(H,15,16,18,21)/t6?,9-,10+,11+,13+/m0/s1. The highest BCUT2D eigenvalue weighted by atomic mass is 31.2. The molecule has 0 aliphatic carbocycles. The second kappa shape index (κ2) is 8.15. The van der Waals surface area contributed by atoms with Crippen molar-refractivity contribution < 1.29 is 38.6 Å². The van der Waals surface area contributed by atoms with Crippen molar-refractivity contribution in [1.29, 1.82) is 0 Å². The fourth-order valence-corrected chi connectivity index (χ4v) is 3.36. The molecule has 5 atom stereocenters. The first-order chi connectivity index (χ1) is 12.4. The van der Waals surface area contributed by atoms with Gasteiger partial charge < -0.3 is 30.1 Å². The molecule has 1 amide bonds. The summed E-state index contributed by atoms with van der Waals surface area (Å²) in [6.07, 6.45) is -5.34. The summed E-state index contributed by atoms with van der Waals surface area (Å²) in [6.45, 7) is 4.27. The zero-order valence-corrected chi connectivity index (χ0v) is 15.7. The first-order valence-corrected chi connectivity index (χ1v) is 9.62. The Hall–Kier alpha value is -1.66. The van der Waals surface area contributed by atoms with Gasteiger partial charge in [-0.05, 0) is 13.3 Å². The van der Waals surface area contributed by atoms with Gasteiger partial charge in [0.25, 0.3) is 0 Å². The third kappa shape index (κ3) is 4.99. The van der Waals surface area contributed by atoms with Crippen LogP contribution in [0.1, 0.15) is 32.6 Å². The molecule has 1 aromatic rings. The number of anilines is 1. The Bertz CT molecular complexity index is 808. The van der Waals surface area contributed by atoms with Gasteiger partial charge in [0, 0.05) is 18.7 Å². The van der Waals surface area contributed by atoms with E-state index in [0.717, 1.165) is 4.57 Å². The summed E-state index contributed by atoms with van der Waals surface area (Å²) < 4.78 is 21.9. The van der Waals surface area contributed by atoms with Gasteiger partial charge in [-0.1, -0.05) is 6.92 Å². The number of ether oxygens (including phenoxy) is 1. The average molecular weight is 407 g/mol. The first-order valence-electron chi connectivity index (χ1n) is 8.09. The number of rotatable bonds is 6. The van der Waals surface area contributed by atoms with Crippen molar-refractivity contribution in [3.63, 3.8) is 0 Å². The van der Waals surface area contributed by atoms with Gasteiger partial charge in [-0.25, -0.2) is 9.36 Å². The SMILES string of the molecule is CCc1cn([C@@H]2O[C@H](C(C)OP(=O)(O)O)[C@@H](O)[C@H]2O)c(=O)nc1NC(C)=O. The Balaban J connectivity index is 2.34. The summed E-state index contributed by atoms with van der Waals surface area (Å²) in [4.78, 5) is 45.1. The van der Waals surface area contributed by atoms with Gasteiger partial charge in [-0.2, -0.15) is 4.98 Å². The molecule has 0 saturated carbocycles. The van der Waals surface area contributed by atoms with Gasteiger partial charge in [0.15, 0.2) is 6.23 Å². The predicted molar refractivity (Wildman–Crippen MR) is 90.7 cm³/mol. The summed E-state index contributed by atoms with van der Waals surface area (Å²) in [7, 11) is -4.85. The minimum absolute atomic E-state index is 0.0778. The lowest BCUT2D eigenvalue weighted by Crippen LogP contribution is -2.38. The van der Waals surface area contributed by atoms with Crippen LogP contribution in [-0.4, -0.2) is 59.9 Å². The molecule has 27 heavy (non-hydrogen) atoms. The van der Waals surface area contributed by atoms with Crippen LogP contribution < -0.4 is 11.0 Å². The molecular weight excluding hydrogens is 385 g/mol. The van der Waals surface area contributed by atoms with Crippen LogP contribution in [-0.2, 0) is 25.0 Å². The summed E-state index contributed by atoms with van der Waals surface area (Å²) in [5.41, 5.74) is -0.366. The number of nitrogens with one attached hydrogen (secondary N) is 1. The molecule has 1 aromatic heterocycles. The highest BCUT2D eigenvalue weighted by Crippen LogP contribution is 2.41. The van der Waals surface area contributed by atoms with Gasteiger partial charge in [-0.3, -0.25) is 13.9 Å². The van der Waals surface area contributed by atoms with Gasteiger partial charge >= 0.3 is 13.5 Å². The van der Waals surface area contributed by atoms with Crippen molar-refractivity contribution in [1.82, 2.24) is 9.55 Å². The Labute approximate surface area is 154 Å². The first kappa shape index (κ1) is 21.6. The minimum atomic E-state index is -4.85. The lowest BCUT2D eigenvalue weighted by molar-refractivity contribution is -0.114. The molecule has 2 rings (SSSR count). The number of carbonyl (C=O) groups is 1. The zero-order chi connectivity index (χ0) is 20.5. The largest absolute Gasteiger partial charge is 0.469 e. The van der Waals surface area contributed by atoms with Gasteiger partial charge in [-0.15, -0.1) is 0 Å². The minimum Gasteiger partial charge on any atom is -0.387 e. The quantitative estimate of drug-likeness (QED) is 0.362. The maximum absolute atomic E-state index is 12.3. The lowest BCUT2D eigenvalue weighted by Gasteiger charge is -2.22. The van der Waals surface area contributed by atoms with Crippen molar-refractivity contribution in [2.24, 2.45) is 0 Å². The molecule has 0 aromatic carbocycles. The topological polar surface area (TPSA) is 180 Å². The van der Waals surface area contributed by atoms with E-state index in [1.807, 2.05) is 0 Å². The number of phosphoric ester groups is 1. The molecule has 1 fully saturated rings. The molecule has 1 unspecified atom stereocenters. The molecule has 12 nitrogen and oxygen atoms in total. The zero-order valence-electron chi connectivity index (χ0n) is 14.8. The molecule has 1 aliphatic rings. The third-order valence-electron chi connectivity index (χ3n) is 4.02. The highest BCUT2D eigenvalue weighted by molar-refractivity contribution is 7.46. The number of hydrogen-bond acceptors (Lipinski definition) is 8. The molecule has 0 bridgehead atoms. The fraction of sp³-hybridized carbons (Fsp3) is 0.643. The van der Waals surface area contributed by atoms with E-state index in [2.05, 4.69) is 14.8 Å². The van der Waals surface area contributed by atoms with Gasteiger partial charge in [0.05, 0.1) is 6.10 Å². The van der Waals surface area contributed by atoms with Crippen LogP contribution >= 0.6 is 7.82 Å². The number of carbonyl (C=O) groups excluding carboxylic acids is 1. The van der Waals surface area contributed by atoms with E-state index in [4.69, 9.17) is 14.5 Å². The summed E-state index contributed by atoms with van der Waals surface area (Å²) in [5.74, 6) is -0.334. The molecular formula is C14H22N3O9P.